The van der Waals surface area contributed by atoms with Crippen LogP contribution in [0.1, 0.15) is 32.3 Å². The SMILES string of the molecule is CCOC(=O)C1=C(C)OC(N)=C(C#N)[C@H]1c1ccc(OC)c(OCC)c1. The van der Waals surface area contributed by atoms with Crippen molar-refractivity contribution in [2.24, 2.45) is 5.73 Å². The zero-order valence-electron chi connectivity index (χ0n) is 15.3. The van der Waals surface area contributed by atoms with E-state index in [4.69, 9.17) is 24.7 Å². The van der Waals surface area contributed by atoms with Gasteiger partial charge < -0.3 is 24.7 Å². The predicted molar refractivity (Wildman–Crippen MR) is 94.1 cm³/mol. The molecule has 7 heteroatoms. The Labute approximate surface area is 152 Å². The minimum Gasteiger partial charge on any atom is -0.493 e. The maximum absolute atomic E-state index is 12.5. The average Bonchev–Trinajstić information content (AvgIpc) is 2.61. The van der Waals surface area contributed by atoms with Crippen molar-refractivity contribution in [3.63, 3.8) is 0 Å². The van der Waals surface area contributed by atoms with Crippen LogP contribution in [0.2, 0.25) is 0 Å². The molecule has 1 aromatic carbocycles. The lowest BCUT2D eigenvalue weighted by Gasteiger charge is -2.27. The van der Waals surface area contributed by atoms with Gasteiger partial charge in [-0.15, -0.1) is 0 Å². The number of benzene rings is 1. The number of ether oxygens (including phenoxy) is 4. The summed E-state index contributed by atoms with van der Waals surface area (Å²) >= 11 is 0. The van der Waals surface area contributed by atoms with Crippen LogP contribution < -0.4 is 15.2 Å². The van der Waals surface area contributed by atoms with Gasteiger partial charge in [-0.1, -0.05) is 6.07 Å². The van der Waals surface area contributed by atoms with E-state index in [1.165, 1.54) is 0 Å². The number of hydrogen-bond acceptors (Lipinski definition) is 7. The number of nitriles is 1. The summed E-state index contributed by atoms with van der Waals surface area (Å²) in [5, 5.41) is 9.58. The van der Waals surface area contributed by atoms with Crippen LogP contribution >= 0.6 is 0 Å². The van der Waals surface area contributed by atoms with Crippen molar-refractivity contribution in [1.82, 2.24) is 0 Å². The van der Waals surface area contributed by atoms with Crippen molar-refractivity contribution in [1.29, 1.82) is 5.26 Å². The fourth-order valence-electron chi connectivity index (χ4n) is 2.83. The molecule has 0 radical (unpaired) electrons. The van der Waals surface area contributed by atoms with E-state index in [-0.39, 0.29) is 23.6 Å². The molecule has 0 aromatic heterocycles. The molecule has 1 aliphatic heterocycles. The first-order chi connectivity index (χ1) is 12.5. The van der Waals surface area contributed by atoms with E-state index in [9.17, 15) is 10.1 Å². The summed E-state index contributed by atoms with van der Waals surface area (Å²) in [6.07, 6.45) is 0. The van der Waals surface area contributed by atoms with E-state index in [1.54, 1.807) is 39.2 Å². The van der Waals surface area contributed by atoms with Gasteiger partial charge in [-0.2, -0.15) is 5.26 Å². The highest BCUT2D eigenvalue weighted by Crippen LogP contribution is 2.42. The fourth-order valence-corrected chi connectivity index (χ4v) is 2.83. The van der Waals surface area contributed by atoms with Gasteiger partial charge in [0.05, 0.1) is 31.8 Å². The largest absolute Gasteiger partial charge is 0.493 e. The van der Waals surface area contributed by atoms with E-state index in [0.29, 0.717) is 29.4 Å². The Hall–Kier alpha value is -3.14. The van der Waals surface area contributed by atoms with Gasteiger partial charge in [0.25, 0.3) is 0 Å². The van der Waals surface area contributed by atoms with E-state index >= 15 is 0 Å². The zero-order chi connectivity index (χ0) is 19.3. The van der Waals surface area contributed by atoms with E-state index < -0.39 is 11.9 Å². The van der Waals surface area contributed by atoms with Crippen LogP contribution in [-0.2, 0) is 14.3 Å². The van der Waals surface area contributed by atoms with Gasteiger partial charge in [-0.05, 0) is 38.5 Å². The Kier molecular flexibility index (Phi) is 6.12. The summed E-state index contributed by atoms with van der Waals surface area (Å²) < 4.78 is 21.5. The number of carbonyl (C=O) groups is 1. The maximum atomic E-state index is 12.5. The fraction of sp³-hybridized carbons (Fsp3) is 0.368. The van der Waals surface area contributed by atoms with Crippen LogP contribution in [-0.4, -0.2) is 26.3 Å². The van der Waals surface area contributed by atoms with Gasteiger partial charge in [0, 0.05) is 0 Å². The number of methoxy groups -OCH3 is 1. The summed E-state index contributed by atoms with van der Waals surface area (Å²) in [5.41, 5.74) is 6.93. The highest BCUT2D eigenvalue weighted by atomic mass is 16.5. The van der Waals surface area contributed by atoms with Gasteiger partial charge in [0.15, 0.2) is 11.5 Å². The lowest BCUT2D eigenvalue weighted by Crippen LogP contribution is -2.25. The Morgan fingerprint density at radius 3 is 2.62 bits per heavy atom. The molecule has 0 bridgehead atoms. The minimum absolute atomic E-state index is 0.0307. The van der Waals surface area contributed by atoms with Crippen molar-refractivity contribution in [2.45, 2.75) is 26.7 Å². The predicted octanol–water partition coefficient (Wildman–Crippen LogP) is 2.74. The topological polar surface area (TPSA) is 104 Å². The molecule has 0 spiro atoms. The first-order valence-corrected chi connectivity index (χ1v) is 8.24. The molecule has 7 nitrogen and oxygen atoms in total. The molecule has 0 unspecified atom stereocenters. The van der Waals surface area contributed by atoms with Crippen molar-refractivity contribution >= 4 is 5.97 Å². The van der Waals surface area contributed by atoms with Gasteiger partial charge in [0.1, 0.15) is 17.4 Å². The van der Waals surface area contributed by atoms with Crippen LogP contribution in [0.5, 0.6) is 11.5 Å². The quantitative estimate of drug-likeness (QED) is 0.780. The Balaban J connectivity index is 2.63. The third kappa shape index (κ3) is 3.59. The second-order valence-electron chi connectivity index (χ2n) is 5.46. The van der Waals surface area contributed by atoms with Gasteiger partial charge >= 0.3 is 5.97 Å². The lowest BCUT2D eigenvalue weighted by molar-refractivity contribution is -0.139. The molecular weight excluding hydrogens is 336 g/mol. The minimum atomic E-state index is -0.710. The van der Waals surface area contributed by atoms with Crippen molar-refractivity contribution < 1.29 is 23.7 Å². The first-order valence-electron chi connectivity index (χ1n) is 8.24. The monoisotopic (exact) mass is 358 g/mol. The molecule has 0 fully saturated rings. The molecule has 0 amide bonds. The smallest absolute Gasteiger partial charge is 0.338 e. The zero-order valence-corrected chi connectivity index (χ0v) is 15.3. The highest BCUT2D eigenvalue weighted by molar-refractivity contribution is 5.92. The molecule has 0 aliphatic carbocycles. The van der Waals surface area contributed by atoms with Crippen LogP contribution in [0.25, 0.3) is 0 Å². The van der Waals surface area contributed by atoms with Crippen molar-refractivity contribution in [2.75, 3.05) is 20.3 Å². The molecular formula is C19H22N2O5. The summed E-state index contributed by atoms with van der Waals surface area (Å²) in [6.45, 7) is 5.83. The van der Waals surface area contributed by atoms with Gasteiger partial charge in [0.2, 0.25) is 5.88 Å². The second-order valence-corrected chi connectivity index (χ2v) is 5.46. The third-order valence-corrected chi connectivity index (χ3v) is 3.92. The standard InChI is InChI=1S/C19H22N2O5/c1-5-24-15-9-12(7-8-14(15)23-4)17-13(10-20)18(21)26-11(3)16(17)19(22)25-6-2/h7-9,17H,5-6,21H2,1-4H3/t17-/m1/s1. The number of carbonyl (C=O) groups excluding carboxylic acids is 1. The summed E-state index contributed by atoms with van der Waals surface area (Å²) in [5.74, 6) is 0.0738. The third-order valence-electron chi connectivity index (χ3n) is 3.92. The summed E-state index contributed by atoms with van der Waals surface area (Å²) in [6, 6.07) is 7.26. The van der Waals surface area contributed by atoms with Crippen LogP contribution in [0.3, 0.4) is 0 Å². The molecule has 1 heterocycles. The van der Waals surface area contributed by atoms with Crippen molar-refractivity contribution in [3.8, 4) is 17.6 Å². The Morgan fingerprint density at radius 1 is 1.31 bits per heavy atom. The molecule has 0 saturated heterocycles. The van der Waals surface area contributed by atoms with E-state index in [2.05, 4.69) is 0 Å². The van der Waals surface area contributed by atoms with Crippen LogP contribution in [0, 0.1) is 11.3 Å². The molecule has 1 aliphatic rings. The Morgan fingerprint density at radius 2 is 2.04 bits per heavy atom. The summed E-state index contributed by atoms with van der Waals surface area (Å²) in [7, 11) is 1.54. The first kappa shape index (κ1) is 19.2. The number of allylic oxidation sites excluding steroid dienone is 2. The van der Waals surface area contributed by atoms with Gasteiger partial charge in [-0.3, -0.25) is 0 Å². The maximum Gasteiger partial charge on any atom is 0.338 e. The lowest BCUT2D eigenvalue weighted by atomic mass is 9.83. The normalized spacial score (nSPS) is 16.7. The molecule has 2 rings (SSSR count). The molecule has 0 saturated carbocycles. The van der Waals surface area contributed by atoms with Crippen molar-refractivity contribution in [3.05, 3.63) is 46.6 Å². The number of esters is 1. The van der Waals surface area contributed by atoms with E-state index in [0.717, 1.165) is 0 Å². The Bertz CT molecular complexity index is 805. The van der Waals surface area contributed by atoms with Crippen LogP contribution in [0.4, 0.5) is 0 Å². The number of nitrogens with two attached hydrogens (primary N) is 1. The highest BCUT2D eigenvalue weighted by Gasteiger charge is 2.36. The van der Waals surface area contributed by atoms with Crippen LogP contribution in [0.15, 0.2) is 41.0 Å². The molecule has 26 heavy (non-hydrogen) atoms. The molecule has 138 valence electrons. The number of rotatable bonds is 6. The average molecular weight is 358 g/mol. The molecule has 1 atom stereocenters. The summed E-state index contributed by atoms with van der Waals surface area (Å²) in [4.78, 5) is 12.5. The van der Waals surface area contributed by atoms with E-state index in [1.807, 2.05) is 13.0 Å². The molecule has 2 N–H and O–H groups in total. The second kappa shape index (κ2) is 8.30. The molecule has 1 aromatic rings. The number of nitrogens with zero attached hydrogens (tertiary/aromatic N) is 1. The van der Waals surface area contributed by atoms with Gasteiger partial charge in [-0.25, -0.2) is 4.79 Å². The number of hydrogen-bond donors (Lipinski definition) is 1.